The lowest BCUT2D eigenvalue weighted by Gasteiger charge is -2.09. The van der Waals surface area contributed by atoms with Crippen LogP contribution in [0.3, 0.4) is 0 Å². The fourth-order valence-electron chi connectivity index (χ4n) is 0.783. The molecule has 0 N–H and O–H groups in total. The highest BCUT2D eigenvalue weighted by Gasteiger charge is 2.27. The van der Waals surface area contributed by atoms with Gasteiger partial charge in [-0.25, -0.2) is 9.59 Å². The van der Waals surface area contributed by atoms with Crippen molar-refractivity contribution in [2.45, 2.75) is 17.6 Å². The van der Waals surface area contributed by atoms with Gasteiger partial charge in [0.2, 0.25) is 3.79 Å². The quantitative estimate of drug-likeness (QED) is 0.262. The lowest BCUT2D eigenvalue weighted by molar-refractivity contribution is -0.146. The summed E-state index contributed by atoms with van der Waals surface area (Å²) < 4.78 is 7.40. The number of rotatable bonds is 4. The molecule has 0 amide bonds. The molecular weight excluding hydrogens is 278 g/mol. The van der Waals surface area contributed by atoms with Gasteiger partial charge >= 0.3 is 11.9 Å². The summed E-state index contributed by atoms with van der Waals surface area (Å²) in [5.74, 6) is -1.76. The number of halogens is 3. The van der Waals surface area contributed by atoms with Crippen LogP contribution in [0.15, 0.2) is 11.6 Å². The predicted molar refractivity (Wildman–Crippen MR) is 61.6 cm³/mol. The van der Waals surface area contributed by atoms with Crippen molar-refractivity contribution in [2.75, 3.05) is 13.2 Å². The van der Waals surface area contributed by atoms with E-state index in [9.17, 15) is 9.59 Å². The topological polar surface area (TPSA) is 52.6 Å². The third-order valence-corrected chi connectivity index (χ3v) is 1.63. The van der Waals surface area contributed by atoms with E-state index >= 15 is 0 Å². The number of hydrogen-bond donors (Lipinski definition) is 0. The third-order valence-electron chi connectivity index (χ3n) is 1.30. The van der Waals surface area contributed by atoms with E-state index in [1.54, 1.807) is 13.8 Å². The fraction of sp³-hybridized carbons (Fsp3) is 0.556. The first kappa shape index (κ1) is 15.6. The summed E-state index contributed by atoms with van der Waals surface area (Å²) in [6.07, 6.45) is 0.869. The maximum absolute atomic E-state index is 11.4. The van der Waals surface area contributed by atoms with Gasteiger partial charge in [-0.1, -0.05) is 34.8 Å². The van der Waals surface area contributed by atoms with Crippen molar-refractivity contribution < 1.29 is 19.1 Å². The highest BCUT2D eigenvalue weighted by molar-refractivity contribution is 6.69. The van der Waals surface area contributed by atoms with Gasteiger partial charge in [-0.05, 0) is 19.9 Å². The van der Waals surface area contributed by atoms with Gasteiger partial charge in [-0.2, -0.15) is 0 Å². The van der Waals surface area contributed by atoms with Crippen molar-refractivity contribution in [3.63, 3.8) is 0 Å². The lowest BCUT2D eigenvalue weighted by atomic mass is 10.2. The summed E-state index contributed by atoms with van der Waals surface area (Å²) in [7, 11) is 0. The Morgan fingerprint density at radius 3 is 1.69 bits per heavy atom. The smallest absolute Gasteiger partial charge is 0.345 e. The van der Waals surface area contributed by atoms with Crippen LogP contribution in [-0.4, -0.2) is 28.9 Å². The van der Waals surface area contributed by atoms with E-state index in [-0.39, 0.29) is 13.2 Å². The summed E-state index contributed by atoms with van der Waals surface area (Å²) >= 11 is 16.4. The second-order valence-corrected chi connectivity index (χ2v) is 4.91. The van der Waals surface area contributed by atoms with Gasteiger partial charge in [-0.3, -0.25) is 0 Å². The highest BCUT2D eigenvalue weighted by atomic mass is 35.6. The van der Waals surface area contributed by atoms with Gasteiger partial charge in [0.15, 0.2) is 0 Å². The molecule has 0 aromatic rings. The van der Waals surface area contributed by atoms with Crippen LogP contribution in [0.5, 0.6) is 0 Å². The monoisotopic (exact) mass is 288 g/mol. The standard InChI is InChI=1S/C9H11Cl3O4/c1-3-15-7(13)6(5-9(10,11)12)8(14)16-4-2/h5H,3-4H2,1-2H3. The highest BCUT2D eigenvalue weighted by Crippen LogP contribution is 2.29. The van der Waals surface area contributed by atoms with E-state index in [1.165, 1.54) is 0 Å². The minimum absolute atomic E-state index is 0.107. The number of hydrogen-bond acceptors (Lipinski definition) is 4. The number of ether oxygens (including phenoxy) is 2. The minimum Gasteiger partial charge on any atom is -0.462 e. The van der Waals surface area contributed by atoms with E-state index in [1.807, 2.05) is 0 Å². The Kier molecular flexibility index (Phi) is 6.79. The second-order valence-electron chi connectivity index (χ2n) is 2.54. The van der Waals surface area contributed by atoms with Crippen molar-refractivity contribution in [3.8, 4) is 0 Å². The molecule has 7 heteroatoms. The number of alkyl halides is 3. The van der Waals surface area contributed by atoms with Crippen LogP contribution < -0.4 is 0 Å². The number of carbonyl (C=O) groups excluding carboxylic acids is 2. The molecule has 0 heterocycles. The zero-order valence-electron chi connectivity index (χ0n) is 8.76. The van der Waals surface area contributed by atoms with E-state index in [0.717, 1.165) is 6.08 Å². The molecule has 16 heavy (non-hydrogen) atoms. The average molecular weight is 290 g/mol. The van der Waals surface area contributed by atoms with Crippen LogP contribution in [-0.2, 0) is 19.1 Å². The summed E-state index contributed by atoms with van der Waals surface area (Å²) in [5, 5.41) is 0. The maximum atomic E-state index is 11.4. The zero-order valence-corrected chi connectivity index (χ0v) is 11.0. The molecule has 0 radical (unpaired) electrons. The first-order valence-corrected chi connectivity index (χ1v) is 5.59. The largest absolute Gasteiger partial charge is 0.462 e. The second kappa shape index (κ2) is 6.99. The normalized spacial score (nSPS) is 10.6. The Morgan fingerprint density at radius 2 is 1.44 bits per heavy atom. The molecular formula is C9H11Cl3O4. The van der Waals surface area contributed by atoms with E-state index in [4.69, 9.17) is 34.8 Å². The minimum atomic E-state index is -1.87. The van der Waals surface area contributed by atoms with Crippen molar-refractivity contribution >= 4 is 46.7 Å². The number of allylic oxidation sites excluding steroid dienone is 1. The summed E-state index contributed by atoms with van der Waals surface area (Å²) in [6, 6.07) is 0. The number of esters is 2. The molecule has 0 unspecified atom stereocenters. The molecule has 0 aliphatic carbocycles. The Hall–Kier alpha value is -0.450. The Labute approximate surface area is 108 Å². The summed E-state index contributed by atoms with van der Waals surface area (Å²) in [6.45, 7) is 3.40. The van der Waals surface area contributed by atoms with Gasteiger partial charge in [0.25, 0.3) is 0 Å². The summed E-state index contributed by atoms with van der Waals surface area (Å²) in [4.78, 5) is 22.7. The molecule has 0 aromatic carbocycles. The molecule has 0 aliphatic rings. The van der Waals surface area contributed by atoms with Crippen LogP contribution in [0.25, 0.3) is 0 Å². The predicted octanol–water partition coefficient (Wildman–Crippen LogP) is 2.41. The summed E-state index contributed by atoms with van der Waals surface area (Å²) in [5.41, 5.74) is -0.427. The van der Waals surface area contributed by atoms with E-state index in [2.05, 4.69) is 9.47 Å². The SMILES string of the molecule is CCOC(=O)C(=CC(Cl)(Cl)Cl)C(=O)OCC. The van der Waals surface area contributed by atoms with Crippen LogP contribution in [0.4, 0.5) is 0 Å². The third kappa shape index (κ3) is 6.20. The number of carbonyl (C=O) groups is 2. The molecule has 0 aliphatic heterocycles. The van der Waals surface area contributed by atoms with Gasteiger partial charge in [-0.15, -0.1) is 0 Å². The molecule has 0 fully saturated rings. The van der Waals surface area contributed by atoms with Gasteiger partial charge in [0, 0.05) is 0 Å². The Balaban J connectivity index is 4.98. The molecule has 0 aromatic heterocycles. The van der Waals surface area contributed by atoms with E-state index < -0.39 is 21.3 Å². The first-order chi connectivity index (χ1) is 7.31. The van der Waals surface area contributed by atoms with Crippen molar-refractivity contribution in [3.05, 3.63) is 11.6 Å². The van der Waals surface area contributed by atoms with Crippen LogP contribution in [0, 0.1) is 0 Å². The molecule has 0 atom stereocenters. The van der Waals surface area contributed by atoms with Gasteiger partial charge in [0.1, 0.15) is 5.57 Å². The molecule has 4 nitrogen and oxygen atoms in total. The van der Waals surface area contributed by atoms with Crippen molar-refractivity contribution in [1.82, 2.24) is 0 Å². The van der Waals surface area contributed by atoms with Crippen LogP contribution in [0.1, 0.15) is 13.8 Å². The Morgan fingerprint density at radius 1 is 1.06 bits per heavy atom. The molecule has 92 valence electrons. The van der Waals surface area contributed by atoms with Crippen LogP contribution in [0.2, 0.25) is 0 Å². The van der Waals surface area contributed by atoms with Crippen molar-refractivity contribution in [1.29, 1.82) is 0 Å². The zero-order chi connectivity index (χ0) is 12.8. The molecule has 0 rings (SSSR count). The fourth-order valence-corrected chi connectivity index (χ4v) is 1.11. The van der Waals surface area contributed by atoms with Crippen molar-refractivity contribution in [2.24, 2.45) is 0 Å². The molecule has 0 spiro atoms. The molecule has 0 saturated heterocycles. The maximum Gasteiger partial charge on any atom is 0.345 e. The average Bonchev–Trinajstić information content (AvgIpc) is 2.13. The van der Waals surface area contributed by atoms with Crippen LogP contribution >= 0.6 is 34.8 Å². The Bertz CT molecular complexity index is 274. The molecule has 0 bridgehead atoms. The van der Waals surface area contributed by atoms with Gasteiger partial charge < -0.3 is 9.47 Å². The van der Waals surface area contributed by atoms with Gasteiger partial charge in [0.05, 0.1) is 13.2 Å². The first-order valence-electron chi connectivity index (χ1n) is 4.45. The van der Waals surface area contributed by atoms with E-state index in [0.29, 0.717) is 0 Å². The molecule has 0 saturated carbocycles. The lowest BCUT2D eigenvalue weighted by Crippen LogP contribution is -2.20.